The van der Waals surface area contributed by atoms with Crippen LogP contribution in [0.2, 0.25) is 5.02 Å². The lowest BCUT2D eigenvalue weighted by molar-refractivity contribution is -0.137. The number of amides is 2. The van der Waals surface area contributed by atoms with Crippen molar-refractivity contribution in [1.82, 2.24) is 0 Å². The molecule has 0 heterocycles. The number of carbonyl (C=O) groups excluding carboxylic acids is 1. The van der Waals surface area contributed by atoms with E-state index in [0.29, 0.717) is 18.2 Å². The Balaban J connectivity index is 2.19. The van der Waals surface area contributed by atoms with Crippen molar-refractivity contribution in [2.24, 2.45) is 0 Å². The number of carbonyl (C=O) groups is 1. The molecule has 0 aliphatic rings. The second kappa shape index (κ2) is 6.52. The van der Waals surface area contributed by atoms with E-state index in [-0.39, 0.29) is 5.69 Å². The maximum absolute atomic E-state index is 13.5. The van der Waals surface area contributed by atoms with Crippen LogP contribution in [-0.2, 0) is 6.18 Å². The molecule has 0 saturated heterocycles. The molecule has 0 fully saturated rings. The van der Waals surface area contributed by atoms with Crippen LogP contribution in [0.3, 0.4) is 0 Å². The lowest BCUT2D eigenvalue weighted by Crippen LogP contribution is -2.21. The lowest BCUT2D eigenvalue weighted by Gasteiger charge is -2.13. The highest BCUT2D eigenvalue weighted by atomic mass is 35.5. The molecule has 4 nitrogen and oxygen atoms in total. The van der Waals surface area contributed by atoms with Gasteiger partial charge in [0.2, 0.25) is 0 Å². The van der Waals surface area contributed by atoms with Crippen LogP contribution < -0.4 is 10.6 Å². The summed E-state index contributed by atoms with van der Waals surface area (Å²) in [7, 11) is 0. The molecule has 0 spiro atoms. The largest absolute Gasteiger partial charge is 0.508 e. The summed E-state index contributed by atoms with van der Waals surface area (Å²) in [5, 5.41) is 12.2. The molecule has 0 aliphatic heterocycles. The first-order valence-corrected chi connectivity index (χ1v) is 6.58. The van der Waals surface area contributed by atoms with Crippen molar-refractivity contribution in [1.29, 1.82) is 0 Å². The van der Waals surface area contributed by atoms with Gasteiger partial charge in [-0.15, -0.1) is 0 Å². The van der Waals surface area contributed by atoms with Crippen molar-refractivity contribution in [3.63, 3.8) is 0 Å². The van der Waals surface area contributed by atoms with Gasteiger partial charge in [0.15, 0.2) is 11.6 Å². The molecule has 0 bridgehead atoms. The van der Waals surface area contributed by atoms with E-state index < -0.39 is 45.9 Å². The van der Waals surface area contributed by atoms with Gasteiger partial charge in [-0.3, -0.25) is 0 Å². The van der Waals surface area contributed by atoms with E-state index in [4.69, 9.17) is 16.7 Å². The fraction of sp³-hybridized carbons (Fsp3) is 0.0714. The van der Waals surface area contributed by atoms with Crippen molar-refractivity contribution in [2.45, 2.75) is 6.18 Å². The normalized spacial score (nSPS) is 11.2. The van der Waals surface area contributed by atoms with Gasteiger partial charge in [-0.25, -0.2) is 13.6 Å². The van der Waals surface area contributed by atoms with Gasteiger partial charge in [0.05, 0.1) is 10.6 Å². The van der Waals surface area contributed by atoms with Gasteiger partial charge >= 0.3 is 12.2 Å². The zero-order valence-electron chi connectivity index (χ0n) is 11.5. The number of aromatic hydroxyl groups is 1. The van der Waals surface area contributed by atoms with Gasteiger partial charge in [-0.2, -0.15) is 13.2 Å². The Kier molecular flexibility index (Phi) is 4.83. The highest BCUT2D eigenvalue weighted by Crippen LogP contribution is 2.36. The summed E-state index contributed by atoms with van der Waals surface area (Å²) in [5.41, 5.74) is -2.33. The number of alkyl halides is 3. The summed E-state index contributed by atoms with van der Waals surface area (Å²) in [5.74, 6) is -3.20. The molecule has 0 aromatic heterocycles. The first kappa shape index (κ1) is 17.8. The second-order valence-corrected chi connectivity index (χ2v) is 4.96. The number of anilines is 2. The molecule has 3 N–H and O–H groups in total. The van der Waals surface area contributed by atoms with Gasteiger partial charge in [-0.05, 0) is 18.2 Å². The number of benzene rings is 2. The summed E-state index contributed by atoms with van der Waals surface area (Å²) in [6, 6.07) is 2.51. The van der Waals surface area contributed by atoms with E-state index in [2.05, 4.69) is 0 Å². The second-order valence-electron chi connectivity index (χ2n) is 4.56. The molecular formula is C14H8ClF5N2O2. The first-order valence-electron chi connectivity index (χ1n) is 6.20. The van der Waals surface area contributed by atoms with E-state index >= 15 is 0 Å². The number of phenols is 1. The minimum atomic E-state index is -4.74. The number of hydrogen-bond acceptors (Lipinski definition) is 2. The van der Waals surface area contributed by atoms with Crippen molar-refractivity contribution in [3.8, 4) is 5.75 Å². The van der Waals surface area contributed by atoms with Gasteiger partial charge < -0.3 is 15.7 Å². The Hall–Kier alpha value is -2.55. The van der Waals surface area contributed by atoms with Gasteiger partial charge in [0.25, 0.3) is 0 Å². The highest BCUT2D eigenvalue weighted by Gasteiger charge is 2.33. The summed E-state index contributed by atoms with van der Waals surface area (Å²) in [4.78, 5) is 11.7. The average Bonchev–Trinajstić information content (AvgIpc) is 2.43. The zero-order chi connectivity index (χ0) is 18.1. The Labute approximate surface area is 136 Å². The van der Waals surface area contributed by atoms with Gasteiger partial charge in [-0.1, -0.05) is 11.6 Å². The number of hydrogen-bond donors (Lipinski definition) is 3. The van der Waals surface area contributed by atoms with Crippen LogP contribution in [-0.4, -0.2) is 11.1 Å². The molecular weight excluding hydrogens is 359 g/mol. The predicted molar refractivity (Wildman–Crippen MR) is 77.1 cm³/mol. The van der Waals surface area contributed by atoms with Gasteiger partial charge in [0.1, 0.15) is 11.4 Å². The molecule has 24 heavy (non-hydrogen) atoms. The Morgan fingerprint density at radius 2 is 1.62 bits per heavy atom. The maximum atomic E-state index is 13.5. The molecule has 0 atom stereocenters. The maximum Gasteiger partial charge on any atom is 0.417 e. The third-order valence-electron chi connectivity index (χ3n) is 2.80. The molecule has 2 rings (SSSR count). The summed E-state index contributed by atoms with van der Waals surface area (Å²) in [6.07, 6.45) is -4.74. The number of rotatable bonds is 2. The van der Waals surface area contributed by atoms with E-state index in [0.717, 1.165) is 12.1 Å². The minimum Gasteiger partial charge on any atom is -0.508 e. The molecule has 0 aliphatic carbocycles. The lowest BCUT2D eigenvalue weighted by atomic mass is 10.2. The smallest absolute Gasteiger partial charge is 0.417 e. The monoisotopic (exact) mass is 366 g/mol. The van der Waals surface area contributed by atoms with Crippen LogP contribution in [0.5, 0.6) is 5.75 Å². The zero-order valence-corrected chi connectivity index (χ0v) is 12.3. The highest BCUT2D eigenvalue weighted by molar-refractivity contribution is 6.31. The van der Waals surface area contributed by atoms with Crippen LogP contribution in [0.25, 0.3) is 0 Å². The van der Waals surface area contributed by atoms with Crippen molar-refractivity contribution in [3.05, 3.63) is 52.6 Å². The average molecular weight is 367 g/mol. The van der Waals surface area contributed by atoms with E-state index in [1.54, 1.807) is 5.32 Å². The summed E-state index contributed by atoms with van der Waals surface area (Å²) in [6.45, 7) is 0. The molecule has 128 valence electrons. The van der Waals surface area contributed by atoms with E-state index in [9.17, 15) is 26.7 Å². The van der Waals surface area contributed by atoms with E-state index in [1.807, 2.05) is 5.32 Å². The fourth-order valence-corrected chi connectivity index (χ4v) is 2.00. The van der Waals surface area contributed by atoms with Crippen molar-refractivity contribution in [2.75, 3.05) is 10.6 Å². The molecule has 2 aromatic carbocycles. The van der Waals surface area contributed by atoms with Crippen LogP contribution in [0, 0.1) is 11.6 Å². The predicted octanol–water partition coefficient (Wildman–Crippen LogP) is 4.99. The third-order valence-corrected chi connectivity index (χ3v) is 3.12. The first-order chi connectivity index (χ1) is 11.1. The van der Waals surface area contributed by atoms with Gasteiger partial charge in [0, 0.05) is 17.8 Å². The SMILES string of the molecule is O=C(Nc1ccc(Cl)c(C(F)(F)F)c1)Nc1c(F)cc(O)cc1F. The van der Waals surface area contributed by atoms with Crippen LogP contribution in [0.15, 0.2) is 30.3 Å². The van der Waals surface area contributed by atoms with Crippen LogP contribution in [0.4, 0.5) is 38.1 Å². The molecule has 10 heteroatoms. The Morgan fingerprint density at radius 1 is 1.04 bits per heavy atom. The summed E-state index contributed by atoms with van der Waals surface area (Å²) >= 11 is 5.43. The number of nitrogens with one attached hydrogen (secondary N) is 2. The Bertz CT molecular complexity index is 772. The molecule has 0 radical (unpaired) electrons. The van der Waals surface area contributed by atoms with E-state index in [1.165, 1.54) is 0 Å². The number of phenolic OH excluding ortho intramolecular Hbond substituents is 1. The van der Waals surface area contributed by atoms with Crippen molar-refractivity contribution >= 4 is 29.0 Å². The topological polar surface area (TPSA) is 61.4 Å². The molecule has 0 saturated carbocycles. The van der Waals surface area contributed by atoms with Crippen LogP contribution >= 0.6 is 11.6 Å². The molecule has 2 aromatic rings. The van der Waals surface area contributed by atoms with Crippen LogP contribution in [0.1, 0.15) is 5.56 Å². The van der Waals surface area contributed by atoms with Crippen molar-refractivity contribution < 1.29 is 31.9 Å². The standard InChI is InChI=1S/C14H8ClF5N2O2/c15-9-2-1-6(3-8(9)14(18,19)20)21-13(24)22-12-10(16)4-7(23)5-11(12)17/h1-5,23H,(H2,21,22,24). The fourth-order valence-electron chi connectivity index (χ4n) is 1.78. The quantitative estimate of drug-likeness (QED) is 0.518. The third kappa shape index (κ3) is 4.05. The molecule has 2 amide bonds. The minimum absolute atomic E-state index is 0.288. The molecule has 0 unspecified atom stereocenters. The number of urea groups is 1. The number of halogens is 6. The summed E-state index contributed by atoms with van der Waals surface area (Å²) < 4.78 is 65.1. The Morgan fingerprint density at radius 3 is 2.17 bits per heavy atom.